The smallest absolute Gasteiger partial charge is 0.239 e. The lowest BCUT2D eigenvalue weighted by Gasteiger charge is -2.15. The van der Waals surface area contributed by atoms with E-state index < -0.39 is 0 Å². The molecule has 0 aromatic heterocycles. The van der Waals surface area contributed by atoms with E-state index in [0.29, 0.717) is 6.54 Å². The molecule has 1 aromatic rings. The minimum atomic E-state index is 0.0395. The number of anilines is 2. The van der Waals surface area contributed by atoms with Crippen molar-refractivity contribution in [1.82, 2.24) is 5.32 Å². The standard InChI is InChI=1S/C15H25N3O/c1-5-6-12(2)17-15(19)11-16-13-7-9-14(10-8-13)18(3)4/h7-10,12,16H,5-6,11H2,1-4H3,(H,17,19). The average molecular weight is 263 g/mol. The third-order valence-corrected chi connectivity index (χ3v) is 2.97. The van der Waals surface area contributed by atoms with Gasteiger partial charge in [0.15, 0.2) is 0 Å². The van der Waals surface area contributed by atoms with Crippen molar-refractivity contribution in [1.29, 1.82) is 0 Å². The zero-order chi connectivity index (χ0) is 14.3. The lowest BCUT2D eigenvalue weighted by Crippen LogP contribution is -2.36. The summed E-state index contributed by atoms with van der Waals surface area (Å²) >= 11 is 0. The second kappa shape index (κ2) is 7.67. The third-order valence-electron chi connectivity index (χ3n) is 2.97. The van der Waals surface area contributed by atoms with Crippen molar-refractivity contribution in [3.8, 4) is 0 Å². The predicted octanol–water partition coefficient (Wildman–Crippen LogP) is 2.47. The summed E-state index contributed by atoms with van der Waals surface area (Å²) in [5.74, 6) is 0.0395. The number of hydrogen-bond acceptors (Lipinski definition) is 3. The molecule has 0 saturated carbocycles. The van der Waals surface area contributed by atoms with Gasteiger partial charge in [0, 0.05) is 31.5 Å². The van der Waals surface area contributed by atoms with Gasteiger partial charge in [-0.15, -0.1) is 0 Å². The van der Waals surface area contributed by atoms with Crippen LogP contribution in [0.5, 0.6) is 0 Å². The molecule has 0 bridgehead atoms. The van der Waals surface area contributed by atoms with Crippen molar-refractivity contribution < 1.29 is 4.79 Å². The minimum Gasteiger partial charge on any atom is -0.378 e. The molecule has 0 aliphatic carbocycles. The molecule has 0 aliphatic heterocycles. The van der Waals surface area contributed by atoms with Crippen molar-refractivity contribution in [2.75, 3.05) is 30.9 Å². The summed E-state index contributed by atoms with van der Waals surface area (Å²) in [4.78, 5) is 13.7. The topological polar surface area (TPSA) is 44.4 Å². The molecule has 1 atom stereocenters. The molecule has 0 radical (unpaired) electrons. The highest BCUT2D eigenvalue weighted by molar-refractivity contribution is 5.81. The molecule has 0 aliphatic rings. The molecule has 0 heterocycles. The van der Waals surface area contributed by atoms with Gasteiger partial charge >= 0.3 is 0 Å². The van der Waals surface area contributed by atoms with Gasteiger partial charge < -0.3 is 15.5 Å². The van der Waals surface area contributed by atoms with Crippen molar-refractivity contribution in [3.05, 3.63) is 24.3 Å². The first kappa shape index (κ1) is 15.3. The van der Waals surface area contributed by atoms with Gasteiger partial charge in [-0.25, -0.2) is 0 Å². The highest BCUT2D eigenvalue weighted by Gasteiger charge is 2.06. The Morgan fingerprint density at radius 1 is 1.26 bits per heavy atom. The minimum absolute atomic E-state index is 0.0395. The number of carbonyl (C=O) groups is 1. The highest BCUT2D eigenvalue weighted by Crippen LogP contribution is 2.15. The average Bonchev–Trinajstić information content (AvgIpc) is 2.37. The molecule has 4 heteroatoms. The fraction of sp³-hybridized carbons (Fsp3) is 0.533. The molecule has 19 heavy (non-hydrogen) atoms. The first-order valence-electron chi connectivity index (χ1n) is 6.83. The van der Waals surface area contributed by atoms with Gasteiger partial charge in [-0.3, -0.25) is 4.79 Å². The summed E-state index contributed by atoms with van der Waals surface area (Å²) in [7, 11) is 4.01. The van der Waals surface area contributed by atoms with Crippen molar-refractivity contribution in [3.63, 3.8) is 0 Å². The molecule has 1 unspecified atom stereocenters. The summed E-state index contributed by atoms with van der Waals surface area (Å²) in [5.41, 5.74) is 2.11. The second-order valence-electron chi connectivity index (χ2n) is 5.05. The molecule has 1 rings (SSSR count). The van der Waals surface area contributed by atoms with E-state index in [-0.39, 0.29) is 11.9 Å². The predicted molar refractivity (Wildman–Crippen MR) is 81.8 cm³/mol. The number of amides is 1. The fourth-order valence-electron chi connectivity index (χ4n) is 1.89. The number of carbonyl (C=O) groups excluding carboxylic acids is 1. The monoisotopic (exact) mass is 263 g/mol. The molecule has 4 nitrogen and oxygen atoms in total. The summed E-state index contributed by atoms with van der Waals surface area (Å²) in [6.07, 6.45) is 2.10. The van der Waals surface area contributed by atoms with Crippen LogP contribution < -0.4 is 15.5 Å². The molecule has 0 fully saturated rings. The molecular weight excluding hydrogens is 238 g/mol. The fourth-order valence-corrected chi connectivity index (χ4v) is 1.89. The van der Waals surface area contributed by atoms with Gasteiger partial charge in [0.05, 0.1) is 6.54 Å². The van der Waals surface area contributed by atoms with E-state index in [9.17, 15) is 4.79 Å². The molecule has 1 aromatic carbocycles. The lowest BCUT2D eigenvalue weighted by molar-refractivity contribution is -0.120. The van der Waals surface area contributed by atoms with E-state index in [4.69, 9.17) is 0 Å². The Morgan fingerprint density at radius 2 is 1.89 bits per heavy atom. The Kier molecular flexibility index (Phi) is 6.19. The molecule has 0 spiro atoms. The SMILES string of the molecule is CCCC(C)NC(=O)CNc1ccc(N(C)C)cc1. The Bertz CT molecular complexity index is 387. The van der Waals surface area contributed by atoms with Crippen LogP contribution in [0, 0.1) is 0 Å². The maximum absolute atomic E-state index is 11.7. The first-order chi connectivity index (χ1) is 9.02. The van der Waals surface area contributed by atoms with Crippen LogP contribution in [0.15, 0.2) is 24.3 Å². The zero-order valence-corrected chi connectivity index (χ0v) is 12.4. The normalized spacial score (nSPS) is 11.8. The van der Waals surface area contributed by atoms with Gasteiger partial charge in [0.25, 0.3) is 0 Å². The van der Waals surface area contributed by atoms with E-state index in [2.05, 4.69) is 17.6 Å². The third kappa shape index (κ3) is 5.64. The van der Waals surface area contributed by atoms with Gasteiger partial charge in [-0.2, -0.15) is 0 Å². The summed E-state index contributed by atoms with van der Waals surface area (Å²) in [5, 5.41) is 6.10. The van der Waals surface area contributed by atoms with Gasteiger partial charge in [-0.05, 0) is 37.6 Å². The van der Waals surface area contributed by atoms with Gasteiger partial charge in [0.2, 0.25) is 5.91 Å². The Labute approximate surface area is 116 Å². The largest absolute Gasteiger partial charge is 0.378 e. The first-order valence-corrected chi connectivity index (χ1v) is 6.83. The van der Waals surface area contributed by atoms with E-state index in [0.717, 1.165) is 24.2 Å². The van der Waals surface area contributed by atoms with Crippen LogP contribution >= 0.6 is 0 Å². The summed E-state index contributed by atoms with van der Waals surface area (Å²) in [6.45, 7) is 4.47. The number of rotatable bonds is 7. The Balaban J connectivity index is 2.37. The van der Waals surface area contributed by atoms with Crippen LogP contribution in [0.4, 0.5) is 11.4 Å². The van der Waals surface area contributed by atoms with E-state index in [1.165, 1.54) is 0 Å². The lowest BCUT2D eigenvalue weighted by atomic mass is 10.2. The molecule has 0 saturated heterocycles. The molecule has 2 N–H and O–H groups in total. The van der Waals surface area contributed by atoms with E-state index >= 15 is 0 Å². The van der Waals surface area contributed by atoms with Crippen LogP contribution in [0.3, 0.4) is 0 Å². The van der Waals surface area contributed by atoms with Crippen molar-refractivity contribution in [2.45, 2.75) is 32.7 Å². The molecule has 106 valence electrons. The number of hydrogen-bond donors (Lipinski definition) is 2. The van der Waals surface area contributed by atoms with Crippen LogP contribution in [0.2, 0.25) is 0 Å². The van der Waals surface area contributed by atoms with Gasteiger partial charge in [-0.1, -0.05) is 13.3 Å². The zero-order valence-electron chi connectivity index (χ0n) is 12.4. The van der Waals surface area contributed by atoms with Crippen LogP contribution in [-0.4, -0.2) is 32.6 Å². The number of nitrogens with zero attached hydrogens (tertiary/aromatic N) is 1. The molecule has 1 amide bonds. The van der Waals surface area contributed by atoms with Crippen LogP contribution in [0.1, 0.15) is 26.7 Å². The Hall–Kier alpha value is -1.71. The van der Waals surface area contributed by atoms with Crippen LogP contribution in [-0.2, 0) is 4.79 Å². The highest BCUT2D eigenvalue weighted by atomic mass is 16.1. The van der Waals surface area contributed by atoms with Crippen molar-refractivity contribution in [2.24, 2.45) is 0 Å². The van der Waals surface area contributed by atoms with Gasteiger partial charge in [0.1, 0.15) is 0 Å². The van der Waals surface area contributed by atoms with E-state index in [1.807, 2.05) is 50.2 Å². The number of benzene rings is 1. The van der Waals surface area contributed by atoms with Crippen molar-refractivity contribution >= 4 is 17.3 Å². The quantitative estimate of drug-likeness (QED) is 0.794. The van der Waals surface area contributed by atoms with Crippen LogP contribution in [0.25, 0.3) is 0 Å². The maximum Gasteiger partial charge on any atom is 0.239 e. The molecular formula is C15H25N3O. The maximum atomic E-state index is 11.7. The summed E-state index contributed by atoms with van der Waals surface area (Å²) < 4.78 is 0. The Morgan fingerprint density at radius 3 is 2.42 bits per heavy atom. The number of nitrogens with one attached hydrogen (secondary N) is 2. The second-order valence-corrected chi connectivity index (χ2v) is 5.05. The van der Waals surface area contributed by atoms with E-state index in [1.54, 1.807) is 0 Å². The summed E-state index contributed by atoms with van der Waals surface area (Å²) in [6, 6.07) is 8.27.